The number of rotatable bonds is 8. The summed E-state index contributed by atoms with van der Waals surface area (Å²) in [4.78, 5) is 15.3. The second-order valence-corrected chi connectivity index (χ2v) is 4.31. The van der Waals surface area contributed by atoms with Crippen LogP contribution in [0.1, 0.15) is 18.4 Å². The maximum absolute atomic E-state index is 11.1. The van der Waals surface area contributed by atoms with Crippen molar-refractivity contribution in [3.8, 4) is 0 Å². The molecule has 0 radical (unpaired) electrons. The number of hydrogen-bond donors (Lipinski definition) is 3. The lowest BCUT2D eigenvalue weighted by Gasteiger charge is -2.10. The lowest BCUT2D eigenvalue weighted by molar-refractivity contribution is -0.124. The second kappa shape index (κ2) is 8.31. The topological polar surface area (TPSA) is 89.3 Å². The molecule has 0 bridgehead atoms. The third-order valence-corrected chi connectivity index (χ3v) is 2.70. The van der Waals surface area contributed by atoms with Crippen molar-refractivity contribution >= 4 is 17.4 Å². The Morgan fingerprint density at radius 3 is 2.89 bits per heavy atom. The van der Waals surface area contributed by atoms with Gasteiger partial charge in [0.15, 0.2) is 0 Å². The maximum atomic E-state index is 11.1. The van der Waals surface area contributed by atoms with Gasteiger partial charge in [-0.25, -0.2) is 4.98 Å². The van der Waals surface area contributed by atoms with E-state index in [1.807, 2.05) is 13.0 Å². The van der Waals surface area contributed by atoms with Gasteiger partial charge < -0.3 is 21.1 Å². The molecule has 1 aromatic rings. The van der Waals surface area contributed by atoms with Gasteiger partial charge in [0.1, 0.15) is 12.4 Å². The third-order valence-electron chi connectivity index (χ3n) is 2.70. The number of nitrogens with two attached hydrogens (primary N) is 1. The number of carbonyl (C=O) groups is 1. The minimum Gasteiger partial charge on any atom is -0.396 e. The number of aryl methyl sites for hydroxylation is 1. The number of pyridine rings is 1. The number of hydrogen-bond acceptors (Lipinski definition) is 5. The van der Waals surface area contributed by atoms with Gasteiger partial charge in [0.05, 0.1) is 5.69 Å². The number of nitrogens with zero attached hydrogens (tertiary/aromatic N) is 1. The summed E-state index contributed by atoms with van der Waals surface area (Å²) in [5.74, 6) is 0.642. The standard InChI is InChI=1S/C13H22N4O2/c1-10-5-8-17-13(12(10)14)16-7-4-3-6-15-11(18)9-19-2/h5,8H,3-4,6-7,9,14H2,1-2H3,(H,15,18)(H,16,17). The molecule has 0 unspecified atom stereocenters. The first-order valence-corrected chi connectivity index (χ1v) is 6.35. The Kier molecular flexibility index (Phi) is 6.67. The average molecular weight is 266 g/mol. The lowest BCUT2D eigenvalue weighted by atomic mass is 10.2. The Labute approximate surface area is 113 Å². The number of methoxy groups -OCH3 is 1. The van der Waals surface area contributed by atoms with Crippen LogP contribution in [0.15, 0.2) is 12.3 Å². The summed E-state index contributed by atoms with van der Waals surface area (Å²) in [6.45, 7) is 3.50. The molecule has 0 saturated heterocycles. The van der Waals surface area contributed by atoms with Crippen LogP contribution in [0, 0.1) is 6.92 Å². The number of unbranched alkanes of at least 4 members (excludes halogenated alkanes) is 1. The number of carbonyl (C=O) groups excluding carboxylic acids is 1. The van der Waals surface area contributed by atoms with E-state index >= 15 is 0 Å². The van der Waals surface area contributed by atoms with Crippen molar-refractivity contribution in [2.75, 3.05) is 37.9 Å². The minimum atomic E-state index is -0.0833. The van der Waals surface area contributed by atoms with E-state index in [1.54, 1.807) is 6.20 Å². The molecule has 19 heavy (non-hydrogen) atoms. The van der Waals surface area contributed by atoms with Crippen molar-refractivity contribution in [1.82, 2.24) is 10.3 Å². The molecular weight excluding hydrogens is 244 g/mol. The van der Waals surface area contributed by atoms with Crippen molar-refractivity contribution in [1.29, 1.82) is 0 Å². The Morgan fingerprint density at radius 2 is 2.16 bits per heavy atom. The molecule has 6 heteroatoms. The fourth-order valence-electron chi connectivity index (χ4n) is 1.58. The van der Waals surface area contributed by atoms with Gasteiger partial charge in [-0.1, -0.05) is 0 Å². The Balaban J connectivity index is 2.14. The quantitative estimate of drug-likeness (QED) is 0.609. The van der Waals surface area contributed by atoms with Crippen LogP contribution in [0.2, 0.25) is 0 Å². The molecule has 0 atom stereocenters. The first-order valence-electron chi connectivity index (χ1n) is 6.35. The van der Waals surface area contributed by atoms with E-state index in [-0.39, 0.29) is 12.5 Å². The Bertz CT molecular complexity index is 410. The molecule has 0 saturated carbocycles. The molecule has 6 nitrogen and oxygen atoms in total. The summed E-state index contributed by atoms with van der Waals surface area (Å²) in [5, 5.41) is 5.96. The van der Waals surface area contributed by atoms with E-state index in [2.05, 4.69) is 15.6 Å². The molecule has 1 heterocycles. The van der Waals surface area contributed by atoms with Crippen molar-refractivity contribution in [2.45, 2.75) is 19.8 Å². The summed E-state index contributed by atoms with van der Waals surface area (Å²) in [5.41, 5.74) is 7.61. The molecule has 106 valence electrons. The molecule has 0 fully saturated rings. The van der Waals surface area contributed by atoms with Gasteiger partial charge >= 0.3 is 0 Å². The van der Waals surface area contributed by atoms with Crippen LogP contribution in [-0.4, -0.2) is 37.7 Å². The number of nitrogens with one attached hydrogen (secondary N) is 2. The lowest BCUT2D eigenvalue weighted by Crippen LogP contribution is -2.28. The predicted molar refractivity (Wildman–Crippen MR) is 76.0 cm³/mol. The van der Waals surface area contributed by atoms with Crippen LogP contribution >= 0.6 is 0 Å². The van der Waals surface area contributed by atoms with Crippen molar-refractivity contribution in [2.24, 2.45) is 0 Å². The van der Waals surface area contributed by atoms with Crippen LogP contribution < -0.4 is 16.4 Å². The highest BCUT2D eigenvalue weighted by atomic mass is 16.5. The molecule has 0 spiro atoms. The second-order valence-electron chi connectivity index (χ2n) is 4.31. The van der Waals surface area contributed by atoms with Crippen LogP contribution in [0.5, 0.6) is 0 Å². The zero-order chi connectivity index (χ0) is 14.1. The molecule has 1 rings (SSSR count). The molecular formula is C13H22N4O2. The van der Waals surface area contributed by atoms with Gasteiger partial charge in [0.2, 0.25) is 5.91 Å². The fourth-order valence-corrected chi connectivity index (χ4v) is 1.58. The number of ether oxygens (including phenoxy) is 1. The highest BCUT2D eigenvalue weighted by molar-refractivity contribution is 5.77. The van der Waals surface area contributed by atoms with E-state index in [0.717, 1.165) is 30.8 Å². The number of nitrogen functional groups attached to an aromatic ring is 1. The van der Waals surface area contributed by atoms with E-state index in [0.29, 0.717) is 12.2 Å². The Morgan fingerprint density at radius 1 is 1.42 bits per heavy atom. The molecule has 1 aromatic heterocycles. The highest BCUT2D eigenvalue weighted by Crippen LogP contribution is 2.18. The zero-order valence-electron chi connectivity index (χ0n) is 11.5. The number of anilines is 2. The number of amides is 1. The van der Waals surface area contributed by atoms with Crippen LogP contribution in [0.3, 0.4) is 0 Å². The minimum absolute atomic E-state index is 0.0833. The monoisotopic (exact) mass is 266 g/mol. The van der Waals surface area contributed by atoms with E-state index < -0.39 is 0 Å². The van der Waals surface area contributed by atoms with Gasteiger partial charge in [-0.2, -0.15) is 0 Å². The molecule has 1 amide bonds. The normalized spacial score (nSPS) is 10.2. The van der Waals surface area contributed by atoms with Crippen LogP contribution in [0.25, 0.3) is 0 Å². The molecule has 0 aliphatic heterocycles. The van der Waals surface area contributed by atoms with E-state index in [4.69, 9.17) is 10.5 Å². The third kappa shape index (κ3) is 5.56. The van der Waals surface area contributed by atoms with E-state index in [9.17, 15) is 4.79 Å². The van der Waals surface area contributed by atoms with E-state index in [1.165, 1.54) is 7.11 Å². The Hall–Kier alpha value is -1.82. The van der Waals surface area contributed by atoms with Crippen LogP contribution in [0.4, 0.5) is 11.5 Å². The molecule has 4 N–H and O–H groups in total. The van der Waals surface area contributed by atoms with Gasteiger partial charge in [-0.05, 0) is 31.4 Å². The van der Waals surface area contributed by atoms with Crippen molar-refractivity contribution < 1.29 is 9.53 Å². The van der Waals surface area contributed by atoms with Crippen molar-refractivity contribution in [3.05, 3.63) is 17.8 Å². The fraction of sp³-hybridized carbons (Fsp3) is 0.538. The van der Waals surface area contributed by atoms with Gasteiger partial charge in [0, 0.05) is 26.4 Å². The first kappa shape index (κ1) is 15.2. The maximum Gasteiger partial charge on any atom is 0.245 e. The number of aromatic nitrogens is 1. The summed E-state index contributed by atoms with van der Waals surface area (Å²) < 4.78 is 4.72. The average Bonchev–Trinajstić information content (AvgIpc) is 2.38. The van der Waals surface area contributed by atoms with Gasteiger partial charge in [-0.3, -0.25) is 4.79 Å². The molecule has 0 aromatic carbocycles. The highest BCUT2D eigenvalue weighted by Gasteiger charge is 2.02. The molecule has 0 aliphatic rings. The SMILES string of the molecule is COCC(=O)NCCCCNc1nccc(C)c1N. The first-order chi connectivity index (χ1) is 9.15. The van der Waals surface area contributed by atoms with Crippen molar-refractivity contribution in [3.63, 3.8) is 0 Å². The predicted octanol–water partition coefficient (Wildman–Crippen LogP) is 0.927. The summed E-state index contributed by atoms with van der Waals surface area (Å²) >= 11 is 0. The smallest absolute Gasteiger partial charge is 0.245 e. The largest absolute Gasteiger partial charge is 0.396 e. The van der Waals surface area contributed by atoms with Gasteiger partial charge in [0.25, 0.3) is 0 Å². The van der Waals surface area contributed by atoms with Crippen LogP contribution in [-0.2, 0) is 9.53 Å². The summed E-state index contributed by atoms with van der Waals surface area (Å²) in [6.07, 6.45) is 3.56. The summed E-state index contributed by atoms with van der Waals surface area (Å²) in [7, 11) is 1.50. The molecule has 0 aliphatic carbocycles. The zero-order valence-corrected chi connectivity index (χ0v) is 11.5. The summed E-state index contributed by atoms with van der Waals surface area (Å²) in [6, 6.07) is 1.88. The van der Waals surface area contributed by atoms with Gasteiger partial charge in [-0.15, -0.1) is 0 Å².